The molecular weight excluding hydrogens is 402 g/mol. The van der Waals surface area contributed by atoms with Gasteiger partial charge >= 0.3 is 0 Å². The third-order valence-electron chi connectivity index (χ3n) is 4.61. The van der Waals surface area contributed by atoms with Crippen molar-refractivity contribution in [3.05, 3.63) is 35.9 Å². The number of rotatable bonds is 12. The van der Waals surface area contributed by atoms with Gasteiger partial charge in [-0.05, 0) is 72.4 Å². The number of Topliss-reactive ketones (excluding diaryl/α,β-unsaturated/α-hetero) is 1. The number of nitrogens with two attached hydrogens (primary N) is 1. The van der Waals surface area contributed by atoms with Crippen molar-refractivity contribution in [2.24, 2.45) is 5.73 Å². The molecule has 29 heavy (non-hydrogen) atoms. The van der Waals surface area contributed by atoms with Crippen LogP contribution in [0.4, 0.5) is 0 Å². The highest BCUT2D eigenvalue weighted by atomic mass is 33.1. The second-order valence-corrected chi connectivity index (χ2v) is 10.7. The van der Waals surface area contributed by atoms with Crippen molar-refractivity contribution >= 4 is 34.1 Å². The van der Waals surface area contributed by atoms with Crippen LogP contribution in [0.5, 0.6) is 0 Å². The van der Waals surface area contributed by atoms with Gasteiger partial charge in [-0.25, -0.2) is 0 Å². The molecule has 0 aromatic heterocycles. The van der Waals surface area contributed by atoms with Gasteiger partial charge in [0, 0.05) is 5.54 Å². The molecule has 1 rings (SSSR count). The molecule has 0 aliphatic rings. The van der Waals surface area contributed by atoms with Crippen LogP contribution in [0.2, 0.25) is 0 Å². The first-order chi connectivity index (χ1) is 13.5. The number of ketones is 1. The van der Waals surface area contributed by atoms with Gasteiger partial charge in [0.2, 0.25) is 5.91 Å². The quantitative estimate of drug-likeness (QED) is 0.227. The summed E-state index contributed by atoms with van der Waals surface area (Å²) in [7, 11) is 1.20. The standard InChI is InChI=1S/C22H37N3O2S2/c1-21(2,3)25-18(15-16-11-7-6-8-12-16)20(27)24-17(13-9-10-14-23)19(26)22(4,5)29-28/h6-8,11-12,17-18,25,28H,9-10,13-15,23H2,1-5H3,(H,24,27). The van der Waals surface area contributed by atoms with Gasteiger partial charge in [-0.1, -0.05) is 41.1 Å². The number of nitrogens with one attached hydrogen (secondary N) is 2. The number of thiol groups is 1. The number of carbonyl (C=O) groups excluding carboxylic acids is 2. The number of benzene rings is 1. The molecule has 7 heteroatoms. The van der Waals surface area contributed by atoms with E-state index in [-0.39, 0.29) is 17.2 Å². The van der Waals surface area contributed by atoms with Gasteiger partial charge in [-0.3, -0.25) is 9.59 Å². The zero-order valence-corrected chi connectivity index (χ0v) is 20.0. The van der Waals surface area contributed by atoms with E-state index in [1.807, 2.05) is 65.0 Å². The lowest BCUT2D eigenvalue weighted by molar-refractivity contribution is -0.130. The Kier molecular flexibility index (Phi) is 10.8. The SMILES string of the molecule is CC(C)(C)NC(Cc1ccccc1)C(=O)NC(CCCCN)C(=O)C(C)(C)SS. The van der Waals surface area contributed by atoms with Gasteiger partial charge in [-0.2, -0.15) is 0 Å². The number of hydrogen-bond acceptors (Lipinski definition) is 6. The van der Waals surface area contributed by atoms with Crippen LogP contribution >= 0.6 is 22.5 Å². The highest BCUT2D eigenvalue weighted by Crippen LogP contribution is 2.30. The molecule has 0 saturated carbocycles. The molecule has 0 fully saturated rings. The second-order valence-electron chi connectivity index (χ2n) is 8.95. The number of carbonyl (C=O) groups is 2. The minimum atomic E-state index is -0.684. The zero-order valence-electron chi connectivity index (χ0n) is 18.3. The fraction of sp³-hybridized carbons (Fsp3) is 0.636. The summed E-state index contributed by atoms with van der Waals surface area (Å²) in [5.41, 5.74) is 6.44. The number of unbranched alkanes of at least 4 members (excludes halogenated alkanes) is 1. The van der Waals surface area contributed by atoms with Crippen molar-refractivity contribution < 1.29 is 9.59 Å². The average Bonchev–Trinajstić information content (AvgIpc) is 2.66. The Morgan fingerprint density at radius 2 is 1.69 bits per heavy atom. The molecule has 0 aliphatic carbocycles. The third-order valence-corrected chi connectivity index (χ3v) is 6.63. The van der Waals surface area contributed by atoms with E-state index in [1.54, 1.807) is 0 Å². The lowest BCUT2D eigenvalue weighted by Gasteiger charge is -2.31. The van der Waals surface area contributed by atoms with E-state index in [1.165, 1.54) is 10.8 Å². The van der Waals surface area contributed by atoms with Crippen LogP contribution in [-0.2, 0) is 16.0 Å². The van der Waals surface area contributed by atoms with Crippen molar-refractivity contribution in [1.29, 1.82) is 0 Å². The highest BCUT2D eigenvalue weighted by Gasteiger charge is 2.35. The maximum Gasteiger partial charge on any atom is 0.238 e. The van der Waals surface area contributed by atoms with Crippen molar-refractivity contribution in [3.63, 3.8) is 0 Å². The normalized spacial score (nSPS) is 14.3. The monoisotopic (exact) mass is 439 g/mol. The van der Waals surface area contributed by atoms with Crippen molar-refractivity contribution in [2.75, 3.05) is 6.54 Å². The first-order valence-corrected chi connectivity index (χ1v) is 12.1. The predicted molar refractivity (Wildman–Crippen MR) is 127 cm³/mol. The minimum Gasteiger partial charge on any atom is -0.345 e. The summed E-state index contributed by atoms with van der Waals surface area (Å²) in [4.78, 5) is 26.3. The summed E-state index contributed by atoms with van der Waals surface area (Å²) in [6.07, 6.45) is 2.74. The van der Waals surface area contributed by atoms with Gasteiger partial charge in [0.25, 0.3) is 0 Å². The highest BCUT2D eigenvalue weighted by molar-refractivity contribution is 8.69. The van der Waals surface area contributed by atoms with Crippen LogP contribution in [0.15, 0.2) is 30.3 Å². The Morgan fingerprint density at radius 3 is 2.21 bits per heavy atom. The van der Waals surface area contributed by atoms with Crippen molar-refractivity contribution in [2.45, 2.75) is 82.7 Å². The van der Waals surface area contributed by atoms with Gasteiger partial charge in [0.15, 0.2) is 5.78 Å². The fourth-order valence-electron chi connectivity index (χ4n) is 3.08. The van der Waals surface area contributed by atoms with E-state index in [2.05, 4.69) is 22.3 Å². The molecule has 0 heterocycles. The molecule has 4 N–H and O–H groups in total. The number of amides is 1. The Bertz CT molecular complexity index is 645. The topological polar surface area (TPSA) is 84.2 Å². The van der Waals surface area contributed by atoms with E-state index in [9.17, 15) is 9.59 Å². The Hall–Kier alpha value is -1.02. The van der Waals surface area contributed by atoms with Crippen LogP contribution in [0.3, 0.4) is 0 Å². The molecule has 2 atom stereocenters. The first-order valence-electron chi connectivity index (χ1n) is 10.2. The maximum absolute atomic E-state index is 13.2. The molecule has 164 valence electrons. The zero-order chi connectivity index (χ0) is 22.1. The molecule has 0 spiro atoms. The summed E-state index contributed by atoms with van der Waals surface area (Å²) in [6.45, 7) is 10.3. The summed E-state index contributed by atoms with van der Waals surface area (Å²) in [5.74, 6) is -0.174. The molecule has 1 aromatic carbocycles. The lowest BCUT2D eigenvalue weighted by Crippen LogP contribution is -2.57. The Balaban J connectivity index is 3.00. The maximum atomic E-state index is 13.2. The van der Waals surface area contributed by atoms with E-state index in [0.29, 0.717) is 19.4 Å². The second kappa shape index (κ2) is 12.0. The third kappa shape index (κ3) is 9.55. The smallest absolute Gasteiger partial charge is 0.238 e. The predicted octanol–water partition coefficient (Wildman–Crippen LogP) is 3.53. The molecule has 1 amide bonds. The van der Waals surface area contributed by atoms with E-state index < -0.39 is 16.8 Å². The molecule has 0 bridgehead atoms. The molecule has 1 aromatic rings. The fourth-order valence-corrected chi connectivity index (χ4v) is 3.58. The van der Waals surface area contributed by atoms with Crippen LogP contribution in [0.25, 0.3) is 0 Å². The van der Waals surface area contributed by atoms with Crippen molar-refractivity contribution in [1.82, 2.24) is 10.6 Å². The van der Waals surface area contributed by atoms with Gasteiger partial charge in [-0.15, -0.1) is 11.7 Å². The van der Waals surface area contributed by atoms with Crippen LogP contribution in [-0.4, -0.2) is 40.6 Å². The van der Waals surface area contributed by atoms with Gasteiger partial charge < -0.3 is 16.4 Å². The molecule has 2 unspecified atom stereocenters. The van der Waals surface area contributed by atoms with Crippen molar-refractivity contribution in [3.8, 4) is 0 Å². The molecule has 5 nitrogen and oxygen atoms in total. The molecular formula is C22H37N3O2S2. The molecule has 0 aliphatic heterocycles. The largest absolute Gasteiger partial charge is 0.345 e. The van der Waals surface area contributed by atoms with Gasteiger partial charge in [0.1, 0.15) is 0 Å². The average molecular weight is 440 g/mol. The lowest BCUT2D eigenvalue weighted by atomic mass is 9.95. The first kappa shape index (κ1) is 26.0. The minimum absolute atomic E-state index is 0.0166. The summed E-state index contributed by atoms with van der Waals surface area (Å²) in [6, 6.07) is 8.92. The van der Waals surface area contributed by atoms with Crippen LogP contribution in [0, 0.1) is 0 Å². The molecule has 0 saturated heterocycles. The van der Waals surface area contributed by atoms with E-state index in [4.69, 9.17) is 5.73 Å². The van der Waals surface area contributed by atoms with E-state index >= 15 is 0 Å². The Morgan fingerprint density at radius 1 is 1.07 bits per heavy atom. The van der Waals surface area contributed by atoms with Crippen LogP contribution in [0.1, 0.15) is 59.4 Å². The summed E-state index contributed by atoms with van der Waals surface area (Å²) in [5, 5.41) is 6.43. The van der Waals surface area contributed by atoms with E-state index in [0.717, 1.165) is 18.4 Å². The Labute approximate surface area is 185 Å². The summed E-state index contributed by atoms with van der Waals surface area (Å²) < 4.78 is -0.684. The molecule has 0 radical (unpaired) electrons. The number of hydrogen-bond donors (Lipinski definition) is 4. The summed E-state index contributed by atoms with van der Waals surface area (Å²) >= 11 is 4.25. The van der Waals surface area contributed by atoms with Crippen LogP contribution < -0.4 is 16.4 Å². The van der Waals surface area contributed by atoms with Gasteiger partial charge in [0.05, 0.1) is 16.8 Å².